The maximum Gasteiger partial charge on any atom is 0.301 e. The van der Waals surface area contributed by atoms with Gasteiger partial charge in [0.1, 0.15) is 11.3 Å². The van der Waals surface area contributed by atoms with Crippen molar-refractivity contribution in [3.8, 4) is 11.5 Å². The first kappa shape index (κ1) is 27.5. The third-order valence-corrected chi connectivity index (χ3v) is 9.21. The zero-order valence-electron chi connectivity index (χ0n) is 22.8. The van der Waals surface area contributed by atoms with E-state index in [1.54, 1.807) is 13.0 Å². The molecule has 2 N–H and O–H groups in total. The van der Waals surface area contributed by atoms with E-state index in [9.17, 15) is 19.8 Å². The number of rotatable bonds is 7. The normalized spacial score (nSPS) is 16.5. The van der Waals surface area contributed by atoms with Crippen LogP contribution in [0.4, 0.5) is 5.13 Å². The van der Waals surface area contributed by atoms with Crippen molar-refractivity contribution in [3.05, 3.63) is 101 Å². The Labute approximate surface area is 248 Å². The highest BCUT2D eigenvalue weighted by Gasteiger charge is 2.49. The number of methoxy groups -OCH3 is 1. The fourth-order valence-electron chi connectivity index (χ4n) is 4.96. The van der Waals surface area contributed by atoms with E-state index in [4.69, 9.17) is 4.74 Å². The van der Waals surface area contributed by atoms with Crippen LogP contribution in [0.25, 0.3) is 11.4 Å². The minimum atomic E-state index is -1.08. The van der Waals surface area contributed by atoms with E-state index in [1.165, 1.54) is 47.2 Å². The van der Waals surface area contributed by atoms with Gasteiger partial charge in [-0.2, -0.15) is 0 Å². The van der Waals surface area contributed by atoms with Crippen LogP contribution >= 0.6 is 23.1 Å². The van der Waals surface area contributed by atoms with E-state index in [-0.39, 0.29) is 27.9 Å². The summed E-state index contributed by atoms with van der Waals surface area (Å²) in [5, 5.41) is 30.6. The zero-order chi connectivity index (χ0) is 29.5. The Morgan fingerprint density at radius 2 is 1.86 bits per heavy atom. The van der Waals surface area contributed by atoms with Gasteiger partial charge in [0.25, 0.3) is 5.78 Å². The number of carbonyl (C=O) groups is 2. The van der Waals surface area contributed by atoms with Crippen LogP contribution < -0.4 is 9.64 Å². The number of thioether (sulfide) groups is 1. The number of phenolic OH excluding ortho intramolecular Hbond substituents is 1. The fourth-order valence-corrected chi connectivity index (χ4v) is 6.78. The number of aromatic hydroxyl groups is 1. The Balaban J connectivity index is 1.47. The lowest BCUT2D eigenvalue weighted by Gasteiger charge is -2.23. The van der Waals surface area contributed by atoms with E-state index >= 15 is 0 Å². The molecule has 1 fully saturated rings. The van der Waals surface area contributed by atoms with Crippen molar-refractivity contribution in [2.75, 3.05) is 12.0 Å². The lowest BCUT2D eigenvalue weighted by atomic mass is 9.96. The Hall–Kier alpha value is -4.68. The van der Waals surface area contributed by atoms with Gasteiger partial charge in [-0.15, -0.1) is 10.2 Å². The Bertz CT molecular complexity index is 1880. The van der Waals surface area contributed by atoms with Crippen LogP contribution in [0, 0.1) is 13.8 Å². The number of nitrogens with zero attached hydrogens (tertiary/aromatic N) is 5. The van der Waals surface area contributed by atoms with Crippen LogP contribution in [0.3, 0.4) is 0 Å². The number of aliphatic hydroxyl groups is 1. The number of ketones is 1. The quantitative estimate of drug-likeness (QED) is 0.0826. The number of fused-ring (bicyclic) bond motifs is 1. The van der Waals surface area contributed by atoms with Gasteiger partial charge in [0.15, 0.2) is 21.6 Å². The van der Waals surface area contributed by atoms with Crippen molar-refractivity contribution < 1.29 is 24.5 Å². The van der Waals surface area contributed by atoms with E-state index in [2.05, 4.69) is 15.2 Å². The molecule has 10 nitrogen and oxygen atoms in total. The number of amides is 1. The lowest BCUT2D eigenvalue weighted by molar-refractivity contribution is -0.132. The van der Waals surface area contributed by atoms with Crippen molar-refractivity contribution in [1.29, 1.82) is 0 Å². The summed E-state index contributed by atoms with van der Waals surface area (Å²) >= 11 is 2.64. The molecule has 1 unspecified atom stereocenters. The standard InChI is InChI=1S/C30H25N5O5S2/c1-16-8-7-13-34-17(2)23(31-27(16)34)25(37)22-24(19-11-12-20(36)21(14-19)40-3)35(28(39)26(22)38)29-32-33-30(42-29)41-15-18-9-5-4-6-10-18/h4-14,24,36-37H,15H2,1-3H3/b25-22+. The van der Waals surface area contributed by atoms with Crippen LogP contribution in [0.15, 0.2) is 76.8 Å². The molecule has 212 valence electrons. The van der Waals surface area contributed by atoms with Crippen molar-refractivity contribution in [3.63, 3.8) is 0 Å². The molecule has 1 amide bonds. The molecule has 5 aromatic rings. The maximum absolute atomic E-state index is 13.6. The number of aromatic nitrogens is 4. The largest absolute Gasteiger partial charge is 0.505 e. The average molecular weight is 600 g/mol. The number of pyridine rings is 1. The molecule has 3 aromatic heterocycles. The van der Waals surface area contributed by atoms with E-state index in [1.807, 2.05) is 60.0 Å². The number of phenols is 1. The van der Waals surface area contributed by atoms with Gasteiger partial charge in [-0.1, -0.05) is 65.6 Å². The van der Waals surface area contributed by atoms with Gasteiger partial charge in [0.05, 0.1) is 24.4 Å². The summed E-state index contributed by atoms with van der Waals surface area (Å²) in [6.45, 7) is 3.68. The van der Waals surface area contributed by atoms with Crippen LogP contribution in [0.1, 0.15) is 34.1 Å². The number of anilines is 1. The highest BCUT2D eigenvalue weighted by atomic mass is 32.2. The fraction of sp³-hybridized carbons (Fsp3) is 0.167. The molecule has 2 aromatic carbocycles. The molecule has 0 spiro atoms. The Morgan fingerprint density at radius 1 is 1.07 bits per heavy atom. The predicted molar refractivity (Wildman–Crippen MR) is 160 cm³/mol. The van der Waals surface area contributed by atoms with Gasteiger partial charge in [0.2, 0.25) is 5.13 Å². The lowest BCUT2D eigenvalue weighted by Crippen LogP contribution is -2.29. The molecule has 42 heavy (non-hydrogen) atoms. The van der Waals surface area contributed by atoms with Gasteiger partial charge < -0.3 is 19.4 Å². The van der Waals surface area contributed by atoms with E-state index in [0.717, 1.165) is 11.1 Å². The monoisotopic (exact) mass is 599 g/mol. The minimum Gasteiger partial charge on any atom is -0.505 e. The van der Waals surface area contributed by atoms with Crippen molar-refractivity contribution >= 4 is 51.3 Å². The van der Waals surface area contributed by atoms with E-state index < -0.39 is 23.5 Å². The molecule has 6 rings (SSSR count). The second kappa shape index (κ2) is 11.0. The number of hydrogen-bond donors (Lipinski definition) is 2. The second-order valence-corrected chi connectivity index (χ2v) is 11.8. The summed E-state index contributed by atoms with van der Waals surface area (Å²) in [5.74, 6) is -1.46. The number of aryl methyl sites for hydroxylation is 2. The molecular weight excluding hydrogens is 574 g/mol. The Morgan fingerprint density at radius 3 is 2.60 bits per heavy atom. The number of carbonyl (C=O) groups excluding carboxylic acids is 2. The first-order chi connectivity index (χ1) is 20.3. The predicted octanol–water partition coefficient (Wildman–Crippen LogP) is 5.44. The van der Waals surface area contributed by atoms with Crippen LogP contribution in [-0.4, -0.2) is 48.6 Å². The summed E-state index contributed by atoms with van der Waals surface area (Å²) in [6, 6.07) is 17.1. The number of benzene rings is 2. The van der Waals surface area contributed by atoms with Crippen LogP contribution in [-0.2, 0) is 15.3 Å². The summed E-state index contributed by atoms with van der Waals surface area (Å²) in [5.41, 5.74) is 3.69. The molecule has 0 radical (unpaired) electrons. The molecule has 12 heteroatoms. The SMILES string of the molecule is COc1cc(C2/C(=C(\O)c3nc4c(C)cccn4c3C)C(=O)C(=O)N2c2nnc(SCc3ccccc3)s2)ccc1O. The third-order valence-electron chi connectivity index (χ3n) is 7.08. The van der Waals surface area contributed by atoms with Crippen molar-refractivity contribution in [2.24, 2.45) is 0 Å². The molecule has 1 atom stereocenters. The first-order valence-corrected chi connectivity index (χ1v) is 14.7. The average Bonchev–Trinajstić information content (AvgIpc) is 3.68. The topological polar surface area (TPSA) is 130 Å². The van der Waals surface area contributed by atoms with Gasteiger partial charge in [-0.05, 0) is 48.7 Å². The molecule has 0 bridgehead atoms. The van der Waals surface area contributed by atoms with Gasteiger partial charge in [-0.3, -0.25) is 14.5 Å². The Kier molecular flexibility index (Phi) is 7.17. The van der Waals surface area contributed by atoms with Gasteiger partial charge >= 0.3 is 5.91 Å². The third kappa shape index (κ3) is 4.68. The first-order valence-electron chi connectivity index (χ1n) is 12.9. The van der Waals surface area contributed by atoms with Crippen LogP contribution in [0.2, 0.25) is 0 Å². The molecule has 0 saturated carbocycles. The molecular formula is C30H25N5O5S2. The summed E-state index contributed by atoms with van der Waals surface area (Å²) in [6.07, 6.45) is 1.82. The van der Waals surface area contributed by atoms with E-state index in [0.29, 0.717) is 27.0 Å². The highest BCUT2D eigenvalue weighted by Crippen LogP contribution is 2.45. The second-order valence-electron chi connectivity index (χ2n) is 9.66. The number of hydrogen-bond acceptors (Lipinski definition) is 10. The number of aliphatic hydroxyl groups excluding tert-OH is 1. The molecule has 1 aliphatic heterocycles. The van der Waals surface area contributed by atoms with Crippen molar-refractivity contribution in [1.82, 2.24) is 19.6 Å². The van der Waals surface area contributed by atoms with Gasteiger partial charge in [0, 0.05) is 11.9 Å². The van der Waals surface area contributed by atoms with Crippen molar-refractivity contribution in [2.45, 2.75) is 30.0 Å². The molecule has 1 aliphatic rings. The minimum absolute atomic E-state index is 0.111. The molecule has 0 aliphatic carbocycles. The zero-order valence-corrected chi connectivity index (χ0v) is 24.4. The number of Topliss-reactive ketones (excluding diaryl/α,β-unsaturated/α-hetero) is 1. The van der Waals surface area contributed by atoms with Crippen LogP contribution in [0.5, 0.6) is 11.5 Å². The number of ether oxygens (including phenoxy) is 1. The summed E-state index contributed by atoms with van der Waals surface area (Å²) < 4.78 is 7.74. The molecule has 1 saturated heterocycles. The summed E-state index contributed by atoms with van der Waals surface area (Å²) in [7, 11) is 1.40. The summed E-state index contributed by atoms with van der Waals surface area (Å²) in [4.78, 5) is 33.1. The van der Waals surface area contributed by atoms with Gasteiger partial charge in [-0.25, -0.2) is 4.98 Å². The highest BCUT2D eigenvalue weighted by molar-refractivity contribution is 8.00. The molecule has 4 heterocycles. The smallest absolute Gasteiger partial charge is 0.301 e. The maximum atomic E-state index is 13.6. The number of imidazole rings is 1.